The second kappa shape index (κ2) is 3.30. The van der Waals surface area contributed by atoms with E-state index in [-0.39, 0.29) is 5.48 Å². The van der Waals surface area contributed by atoms with Crippen LogP contribution >= 0.6 is 0 Å². The lowest BCUT2D eigenvalue weighted by Gasteiger charge is -2.30. The van der Waals surface area contributed by atoms with Gasteiger partial charge in [0.15, 0.2) is 0 Å². The van der Waals surface area contributed by atoms with E-state index in [0.29, 0.717) is 0 Å². The molecule has 4 nitrogen and oxygen atoms in total. The Hall–Kier alpha value is -1.16. The van der Waals surface area contributed by atoms with Gasteiger partial charge in [0.2, 0.25) is 5.95 Å². The SMILES string of the molecule is O.c1cnc(N2CCC2)nc1. The van der Waals surface area contributed by atoms with E-state index >= 15 is 0 Å². The van der Waals surface area contributed by atoms with Gasteiger partial charge in [0.05, 0.1) is 0 Å². The van der Waals surface area contributed by atoms with Crippen molar-refractivity contribution in [1.82, 2.24) is 9.97 Å². The van der Waals surface area contributed by atoms with Crippen LogP contribution < -0.4 is 4.90 Å². The van der Waals surface area contributed by atoms with Gasteiger partial charge < -0.3 is 10.4 Å². The van der Waals surface area contributed by atoms with Crippen LogP contribution in [0.25, 0.3) is 0 Å². The monoisotopic (exact) mass is 153 g/mol. The highest BCUT2D eigenvalue weighted by molar-refractivity contribution is 5.31. The van der Waals surface area contributed by atoms with Crippen LogP contribution in [-0.2, 0) is 0 Å². The van der Waals surface area contributed by atoms with Crippen LogP contribution in [0.3, 0.4) is 0 Å². The lowest BCUT2D eigenvalue weighted by molar-refractivity contribution is 0.600. The maximum Gasteiger partial charge on any atom is 0.225 e. The van der Waals surface area contributed by atoms with Gasteiger partial charge in [0, 0.05) is 25.5 Å². The third kappa shape index (κ3) is 1.46. The molecule has 1 fully saturated rings. The molecule has 2 N–H and O–H groups in total. The van der Waals surface area contributed by atoms with Crippen molar-refractivity contribution in [2.75, 3.05) is 18.0 Å². The summed E-state index contributed by atoms with van der Waals surface area (Å²) in [7, 11) is 0. The van der Waals surface area contributed by atoms with Gasteiger partial charge in [-0.3, -0.25) is 0 Å². The van der Waals surface area contributed by atoms with E-state index in [4.69, 9.17) is 0 Å². The minimum absolute atomic E-state index is 0. The average Bonchev–Trinajstić information content (AvgIpc) is 1.86. The van der Waals surface area contributed by atoms with E-state index in [1.54, 1.807) is 12.4 Å². The first-order valence-corrected chi connectivity index (χ1v) is 3.49. The molecule has 2 heterocycles. The largest absolute Gasteiger partial charge is 0.412 e. The summed E-state index contributed by atoms with van der Waals surface area (Å²) in [6.07, 6.45) is 4.83. The van der Waals surface area contributed by atoms with Crippen molar-refractivity contribution in [3.8, 4) is 0 Å². The Bertz CT molecular complexity index is 210. The Morgan fingerprint density at radius 3 is 2.27 bits per heavy atom. The summed E-state index contributed by atoms with van der Waals surface area (Å²) in [5.74, 6) is 0.869. The predicted molar refractivity (Wildman–Crippen MR) is 42.5 cm³/mol. The molecule has 0 unspecified atom stereocenters. The number of anilines is 1. The topological polar surface area (TPSA) is 60.5 Å². The van der Waals surface area contributed by atoms with E-state index in [1.165, 1.54) is 6.42 Å². The molecule has 60 valence electrons. The Labute approximate surface area is 65.2 Å². The summed E-state index contributed by atoms with van der Waals surface area (Å²) >= 11 is 0. The van der Waals surface area contributed by atoms with Crippen LogP contribution in [0.2, 0.25) is 0 Å². The van der Waals surface area contributed by atoms with Crippen molar-refractivity contribution in [1.29, 1.82) is 0 Å². The summed E-state index contributed by atoms with van der Waals surface area (Å²) in [5, 5.41) is 0. The van der Waals surface area contributed by atoms with E-state index in [0.717, 1.165) is 19.0 Å². The Morgan fingerprint density at radius 2 is 1.82 bits per heavy atom. The molecule has 1 saturated heterocycles. The number of hydrogen-bond donors (Lipinski definition) is 0. The predicted octanol–water partition coefficient (Wildman–Crippen LogP) is -0.138. The van der Waals surface area contributed by atoms with Crippen molar-refractivity contribution in [2.45, 2.75) is 6.42 Å². The molecule has 0 bridgehead atoms. The van der Waals surface area contributed by atoms with Gasteiger partial charge in [-0.25, -0.2) is 9.97 Å². The van der Waals surface area contributed by atoms with Crippen molar-refractivity contribution < 1.29 is 5.48 Å². The molecule has 1 aromatic rings. The Balaban J connectivity index is 0.000000605. The zero-order valence-electron chi connectivity index (χ0n) is 6.20. The van der Waals surface area contributed by atoms with E-state index < -0.39 is 0 Å². The first-order valence-electron chi connectivity index (χ1n) is 3.49. The van der Waals surface area contributed by atoms with Crippen molar-refractivity contribution >= 4 is 5.95 Å². The molecule has 11 heavy (non-hydrogen) atoms. The molecule has 1 aromatic heterocycles. The van der Waals surface area contributed by atoms with Crippen molar-refractivity contribution in [3.63, 3.8) is 0 Å². The third-order valence-electron chi connectivity index (χ3n) is 1.69. The standard InChI is InChI=1S/C7H9N3.H2O/c1-3-8-7(9-4-1)10-5-2-6-10;/h1,3-4H,2,5-6H2;1H2. The molecule has 0 radical (unpaired) electrons. The second-order valence-electron chi connectivity index (χ2n) is 2.39. The van der Waals surface area contributed by atoms with Crippen LogP contribution in [-0.4, -0.2) is 28.5 Å². The van der Waals surface area contributed by atoms with Gasteiger partial charge in [0.1, 0.15) is 0 Å². The minimum atomic E-state index is 0. The lowest BCUT2D eigenvalue weighted by Crippen LogP contribution is -2.38. The van der Waals surface area contributed by atoms with E-state index in [1.807, 2.05) is 6.07 Å². The summed E-state index contributed by atoms with van der Waals surface area (Å²) in [6.45, 7) is 2.23. The van der Waals surface area contributed by atoms with Gasteiger partial charge in [-0.2, -0.15) is 0 Å². The molecule has 0 saturated carbocycles. The first kappa shape index (κ1) is 7.94. The van der Waals surface area contributed by atoms with Gasteiger partial charge in [-0.05, 0) is 12.5 Å². The number of hydrogen-bond acceptors (Lipinski definition) is 3. The molecular formula is C7H11N3O. The van der Waals surface area contributed by atoms with Crippen LogP contribution in [0.1, 0.15) is 6.42 Å². The van der Waals surface area contributed by atoms with Crippen LogP contribution in [0, 0.1) is 0 Å². The molecule has 2 rings (SSSR count). The zero-order chi connectivity index (χ0) is 6.81. The average molecular weight is 153 g/mol. The van der Waals surface area contributed by atoms with Gasteiger partial charge in [0.25, 0.3) is 0 Å². The minimum Gasteiger partial charge on any atom is -0.412 e. The summed E-state index contributed by atoms with van der Waals surface area (Å²) in [6, 6.07) is 1.84. The molecule has 4 heteroatoms. The molecule has 0 aromatic carbocycles. The highest BCUT2D eigenvalue weighted by Crippen LogP contribution is 2.12. The molecule has 0 spiro atoms. The molecule has 1 aliphatic heterocycles. The maximum atomic E-state index is 4.12. The van der Waals surface area contributed by atoms with Gasteiger partial charge in [-0.1, -0.05) is 0 Å². The Kier molecular flexibility index (Phi) is 2.38. The molecule has 0 aliphatic carbocycles. The molecular weight excluding hydrogens is 142 g/mol. The number of aromatic nitrogens is 2. The first-order chi connectivity index (χ1) is 4.97. The normalized spacial score (nSPS) is 15.1. The smallest absolute Gasteiger partial charge is 0.225 e. The summed E-state index contributed by atoms with van der Waals surface area (Å²) in [5.41, 5.74) is 0. The second-order valence-corrected chi connectivity index (χ2v) is 2.39. The summed E-state index contributed by atoms with van der Waals surface area (Å²) in [4.78, 5) is 10.4. The fourth-order valence-electron chi connectivity index (χ4n) is 0.971. The molecule has 0 amide bonds. The molecule has 1 aliphatic rings. The van der Waals surface area contributed by atoms with Crippen molar-refractivity contribution in [2.24, 2.45) is 0 Å². The highest BCUT2D eigenvalue weighted by atomic mass is 16.0. The van der Waals surface area contributed by atoms with Gasteiger partial charge in [-0.15, -0.1) is 0 Å². The highest BCUT2D eigenvalue weighted by Gasteiger charge is 2.15. The maximum absolute atomic E-state index is 4.12. The Morgan fingerprint density at radius 1 is 1.18 bits per heavy atom. The quantitative estimate of drug-likeness (QED) is 0.564. The summed E-state index contributed by atoms with van der Waals surface area (Å²) < 4.78 is 0. The van der Waals surface area contributed by atoms with Crippen LogP contribution in [0.4, 0.5) is 5.95 Å². The third-order valence-corrected chi connectivity index (χ3v) is 1.69. The number of rotatable bonds is 1. The van der Waals surface area contributed by atoms with Crippen LogP contribution in [0.5, 0.6) is 0 Å². The van der Waals surface area contributed by atoms with Gasteiger partial charge >= 0.3 is 0 Å². The fourth-order valence-corrected chi connectivity index (χ4v) is 0.971. The zero-order valence-corrected chi connectivity index (χ0v) is 6.20. The fraction of sp³-hybridized carbons (Fsp3) is 0.429. The van der Waals surface area contributed by atoms with E-state index in [9.17, 15) is 0 Å². The lowest BCUT2D eigenvalue weighted by atomic mass is 10.2. The molecule has 0 atom stereocenters. The van der Waals surface area contributed by atoms with Crippen LogP contribution in [0.15, 0.2) is 18.5 Å². The van der Waals surface area contributed by atoms with E-state index in [2.05, 4.69) is 14.9 Å². The van der Waals surface area contributed by atoms with Crippen molar-refractivity contribution in [3.05, 3.63) is 18.5 Å². The number of nitrogens with zero attached hydrogens (tertiary/aromatic N) is 3.